The van der Waals surface area contributed by atoms with E-state index in [1.165, 1.54) is 24.6 Å². The largest absolute Gasteiger partial charge is 0.282 e. The molecule has 1 saturated carbocycles. The number of carbonyl (C=O) groups is 1. The van der Waals surface area contributed by atoms with Crippen molar-refractivity contribution in [3.05, 3.63) is 11.6 Å². The minimum Gasteiger partial charge on any atom is -0.282 e. The highest BCUT2D eigenvalue weighted by molar-refractivity contribution is 8.14. The maximum atomic E-state index is 12.1. The van der Waals surface area contributed by atoms with E-state index in [1.54, 1.807) is 0 Å². The topological polar surface area (TPSA) is 17.1 Å². The normalized spacial score (nSPS) is 30.6. The molecule has 0 aromatic rings. The number of carbonyl (C=O) groups excluding carboxylic acids is 1. The Morgan fingerprint density at radius 1 is 1.56 bits per heavy atom. The Labute approximate surface area is 103 Å². The Balaban J connectivity index is 1.95. The Hall–Kier alpha value is -0.240. The number of fused-ring (bicyclic) bond motifs is 1. The summed E-state index contributed by atoms with van der Waals surface area (Å²) >= 11 is 1.53. The molecule has 3 rings (SSSR count). The molecule has 90 valence electrons. The Morgan fingerprint density at radius 3 is 2.88 bits per heavy atom. The molecule has 0 heterocycles. The molecule has 1 nitrogen and oxygen atoms in total. The van der Waals surface area contributed by atoms with Gasteiger partial charge in [0.05, 0.1) is 0 Å². The van der Waals surface area contributed by atoms with Crippen LogP contribution in [-0.4, -0.2) is 10.9 Å². The predicted octanol–water partition coefficient (Wildman–Crippen LogP) is 4.04. The monoisotopic (exact) mass is 238 g/mol. The lowest BCUT2D eigenvalue weighted by Crippen LogP contribution is -2.49. The molecule has 0 unspecified atom stereocenters. The highest BCUT2D eigenvalue weighted by Crippen LogP contribution is 2.59. The van der Waals surface area contributed by atoms with E-state index < -0.39 is 0 Å². The number of hydrogen-bond acceptors (Lipinski definition) is 2. The summed E-state index contributed by atoms with van der Waals surface area (Å²) in [6, 6.07) is 0. The van der Waals surface area contributed by atoms with Crippen LogP contribution in [0.4, 0.5) is 0 Å². The van der Waals surface area contributed by atoms with Crippen molar-refractivity contribution in [2.45, 2.75) is 46.5 Å². The van der Waals surface area contributed by atoms with E-state index in [9.17, 15) is 4.79 Å². The van der Waals surface area contributed by atoms with Gasteiger partial charge < -0.3 is 0 Å². The average molecular weight is 238 g/mol. The van der Waals surface area contributed by atoms with E-state index in [4.69, 9.17) is 0 Å². The van der Waals surface area contributed by atoms with Crippen molar-refractivity contribution >= 4 is 16.9 Å². The van der Waals surface area contributed by atoms with Gasteiger partial charge in [-0.15, -0.1) is 0 Å². The molecule has 0 aromatic carbocycles. The summed E-state index contributed by atoms with van der Waals surface area (Å²) < 4.78 is 0. The van der Waals surface area contributed by atoms with E-state index in [2.05, 4.69) is 26.8 Å². The first-order valence-electron chi connectivity index (χ1n) is 6.44. The van der Waals surface area contributed by atoms with Gasteiger partial charge in [0.15, 0.2) is 0 Å². The Kier molecular flexibility index (Phi) is 3.48. The van der Waals surface area contributed by atoms with Gasteiger partial charge in [0.25, 0.3) is 0 Å². The van der Waals surface area contributed by atoms with Gasteiger partial charge in [0, 0.05) is 11.3 Å². The first kappa shape index (κ1) is 12.2. The van der Waals surface area contributed by atoms with Gasteiger partial charge >= 0.3 is 0 Å². The van der Waals surface area contributed by atoms with Crippen LogP contribution in [0.2, 0.25) is 0 Å². The van der Waals surface area contributed by atoms with Gasteiger partial charge in [-0.2, -0.15) is 0 Å². The predicted molar refractivity (Wildman–Crippen MR) is 70.5 cm³/mol. The zero-order valence-electron chi connectivity index (χ0n) is 10.6. The maximum Gasteiger partial charge on any atom is 0.215 e. The Bertz CT molecular complexity index is 317. The van der Waals surface area contributed by atoms with Crippen LogP contribution < -0.4 is 0 Å². The molecule has 3 aliphatic rings. The maximum absolute atomic E-state index is 12.1. The number of thioether (sulfide) groups is 1. The summed E-state index contributed by atoms with van der Waals surface area (Å²) in [6.45, 7) is 6.82. The van der Waals surface area contributed by atoms with Gasteiger partial charge in [-0.3, -0.25) is 4.79 Å². The lowest BCUT2D eigenvalue weighted by molar-refractivity contribution is -0.111. The fourth-order valence-electron chi connectivity index (χ4n) is 2.97. The SMILES string of the molecule is CCCCSC(=O)C1=CC[C@@H]2C[C@H]1C2(C)C. The van der Waals surface area contributed by atoms with Crippen LogP contribution in [0, 0.1) is 17.3 Å². The number of allylic oxidation sites excluding steroid dienone is 1. The van der Waals surface area contributed by atoms with Gasteiger partial charge in [-0.25, -0.2) is 0 Å². The molecule has 2 heteroatoms. The highest BCUT2D eigenvalue weighted by Gasteiger charge is 2.52. The summed E-state index contributed by atoms with van der Waals surface area (Å²) in [5.41, 5.74) is 1.51. The zero-order chi connectivity index (χ0) is 11.8. The van der Waals surface area contributed by atoms with E-state index in [0.29, 0.717) is 16.4 Å². The second-order valence-electron chi connectivity index (χ2n) is 5.69. The fourth-order valence-corrected chi connectivity index (χ4v) is 3.98. The number of rotatable bonds is 4. The van der Waals surface area contributed by atoms with Crippen molar-refractivity contribution in [1.82, 2.24) is 0 Å². The summed E-state index contributed by atoms with van der Waals surface area (Å²) in [5.74, 6) is 2.37. The molecule has 0 radical (unpaired) electrons. The summed E-state index contributed by atoms with van der Waals surface area (Å²) in [7, 11) is 0. The molecular weight excluding hydrogens is 216 g/mol. The first-order valence-corrected chi connectivity index (χ1v) is 7.43. The highest BCUT2D eigenvalue weighted by atomic mass is 32.2. The van der Waals surface area contributed by atoms with Crippen molar-refractivity contribution in [2.24, 2.45) is 17.3 Å². The second-order valence-corrected chi connectivity index (χ2v) is 6.76. The first-order chi connectivity index (χ1) is 7.57. The number of unbranched alkanes of at least 4 members (excludes halogenated alkanes) is 1. The van der Waals surface area contributed by atoms with E-state index in [1.807, 2.05) is 0 Å². The van der Waals surface area contributed by atoms with Crippen LogP contribution in [0.1, 0.15) is 46.5 Å². The average Bonchev–Trinajstić information content (AvgIpc) is 2.29. The Morgan fingerprint density at radius 2 is 2.31 bits per heavy atom. The molecule has 2 atom stereocenters. The van der Waals surface area contributed by atoms with Gasteiger partial charge in [0.2, 0.25) is 5.12 Å². The minimum atomic E-state index is 0.352. The van der Waals surface area contributed by atoms with E-state index >= 15 is 0 Å². The zero-order valence-corrected chi connectivity index (χ0v) is 11.4. The molecule has 0 amide bonds. The van der Waals surface area contributed by atoms with E-state index in [-0.39, 0.29) is 0 Å². The summed E-state index contributed by atoms with van der Waals surface area (Å²) in [6.07, 6.45) is 6.92. The standard InChI is InChI=1S/C14H22OS/c1-4-5-8-16-13(15)11-7-6-10-9-12(11)14(10,2)3/h7,10,12H,4-6,8-9H2,1-3H3/t10-,12-/m1/s1. The van der Waals surface area contributed by atoms with Crippen LogP contribution >= 0.6 is 11.8 Å². The molecule has 0 aliphatic heterocycles. The van der Waals surface area contributed by atoms with Crippen LogP contribution in [0.15, 0.2) is 11.6 Å². The third-order valence-corrected chi connectivity index (χ3v) is 5.43. The molecule has 2 bridgehead atoms. The van der Waals surface area contributed by atoms with Gasteiger partial charge in [0.1, 0.15) is 0 Å². The van der Waals surface area contributed by atoms with E-state index in [0.717, 1.165) is 30.1 Å². The quantitative estimate of drug-likeness (QED) is 0.688. The van der Waals surface area contributed by atoms with Gasteiger partial charge in [-0.05, 0) is 36.5 Å². The summed E-state index contributed by atoms with van der Waals surface area (Å²) in [5, 5.41) is 0.352. The van der Waals surface area contributed by atoms with Crippen molar-refractivity contribution in [2.75, 3.05) is 5.75 Å². The smallest absolute Gasteiger partial charge is 0.215 e. The molecule has 0 N–H and O–H groups in total. The lowest BCUT2D eigenvalue weighted by atomic mass is 9.49. The van der Waals surface area contributed by atoms with Crippen molar-refractivity contribution in [1.29, 1.82) is 0 Å². The lowest BCUT2D eigenvalue weighted by Gasteiger charge is -2.55. The van der Waals surface area contributed by atoms with Crippen LogP contribution in [-0.2, 0) is 4.79 Å². The fraction of sp³-hybridized carbons (Fsp3) is 0.786. The summed E-state index contributed by atoms with van der Waals surface area (Å²) in [4.78, 5) is 12.1. The molecule has 3 aliphatic carbocycles. The number of hydrogen-bond donors (Lipinski definition) is 0. The van der Waals surface area contributed by atoms with Crippen LogP contribution in [0.25, 0.3) is 0 Å². The van der Waals surface area contributed by atoms with Crippen molar-refractivity contribution < 1.29 is 4.79 Å². The van der Waals surface area contributed by atoms with Crippen LogP contribution in [0.3, 0.4) is 0 Å². The molecule has 0 saturated heterocycles. The second kappa shape index (κ2) is 4.56. The third kappa shape index (κ3) is 1.97. The molecule has 0 aromatic heterocycles. The molecule has 0 spiro atoms. The van der Waals surface area contributed by atoms with Gasteiger partial charge in [-0.1, -0.05) is 45.0 Å². The van der Waals surface area contributed by atoms with Crippen LogP contribution in [0.5, 0.6) is 0 Å². The van der Waals surface area contributed by atoms with Crippen molar-refractivity contribution in [3.8, 4) is 0 Å². The van der Waals surface area contributed by atoms with Crippen molar-refractivity contribution in [3.63, 3.8) is 0 Å². The molecule has 1 fully saturated rings. The third-order valence-electron chi connectivity index (χ3n) is 4.43. The molecular formula is C14H22OS. The minimum absolute atomic E-state index is 0.352. The molecule has 16 heavy (non-hydrogen) atoms.